The number of aliphatic carboxylic acids is 1. The smallest absolute Gasteiger partial charge is 0.319 e. The third kappa shape index (κ3) is 2.11. The number of carbonyl (C=O) groups excluding carboxylic acids is 1. The van der Waals surface area contributed by atoms with Crippen LogP contribution >= 0.6 is 0 Å². The number of carbonyl (C=O) groups is 2. The number of nitrogens with one attached hydrogen (secondary N) is 1. The fraction of sp³-hybridized carbons (Fsp3) is 0.846. The summed E-state index contributed by atoms with van der Waals surface area (Å²) in [4.78, 5) is 25.7. The highest BCUT2D eigenvalue weighted by molar-refractivity contribution is 6.02. The Labute approximate surface area is 108 Å². The lowest BCUT2D eigenvalue weighted by Gasteiger charge is -2.43. The fourth-order valence-corrected chi connectivity index (χ4v) is 3.01. The zero-order valence-corrected chi connectivity index (χ0v) is 10.9. The van der Waals surface area contributed by atoms with E-state index in [0.717, 1.165) is 32.4 Å². The van der Waals surface area contributed by atoms with E-state index in [1.165, 1.54) is 0 Å². The molecular weight excluding hydrogens is 232 g/mol. The van der Waals surface area contributed by atoms with Crippen LogP contribution < -0.4 is 5.32 Å². The van der Waals surface area contributed by atoms with E-state index in [9.17, 15) is 14.7 Å². The first-order valence-electron chi connectivity index (χ1n) is 6.87. The Hall–Kier alpha value is -1.10. The summed E-state index contributed by atoms with van der Waals surface area (Å²) in [6, 6.07) is 0.209. The summed E-state index contributed by atoms with van der Waals surface area (Å²) in [6.07, 6.45) is 3.71. The van der Waals surface area contributed by atoms with Crippen LogP contribution in [0.5, 0.6) is 0 Å². The number of hydrogen-bond acceptors (Lipinski definition) is 3. The van der Waals surface area contributed by atoms with Gasteiger partial charge in [0, 0.05) is 12.6 Å². The molecule has 0 aromatic rings. The molecule has 0 atom stereocenters. The summed E-state index contributed by atoms with van der Waals surface area (Å²) < 4.78 is 0. The zero-order valence-electron chi connectivity index (χ0n) is 10.9. The molecule has 102 valence electrons. The van der Waals surface area contributed by atoms with Gasteiger partial charge in [0.2, 0.25) is 5.91 Å². The predicted octanol–water partition coefficient (Wildman–Crippen LogP) is 0.842. The fourth-order valence-electron chi connectivity index (χ4n) is 3.01. The summed E-state index contributed by atoms with van der Waals surface area (Å²) in [5, 5.41) is 12.6. The van der Waals surface area contributed by atoms with Gasteiger partial charge in [-0.3, -0.25) is 9.59 Å². The third-order valence-corrected chi connectivity index (χ3v) is 4.38. The van der Waals surface area contributed by atoms with Crippen LogP contribution in [-0.4, -0.2) is 47.6 Å². The molecule has 1 amide bonds. The Morgan fingerprint density at radius 1 is 1.33 bits per heavy atom. The first-order valence-corrected chi connectivity index (χ1v) is 6.87. The molecule has 18 heavy (non-hydrogen) atoms. The Kier molecular flexibility index (Phi) is 3.90. The topological polar surface area (TPSA) is 69.6 Å². The Morgan fingerprint density at radius 2 is 1.94 bits per heavy atom. The van der Waals surface area contributed by atoms with Crippen molar-refractivity contribution in [2.24, 2.45) is 5.41 Å². The molecule has 1 heterocycles. The van der Waals surface area contributed by atoms with Crippen molar-refractivity contribution in [1.82, 2.24) is 10.2 Å². The average Bonchev–Trinajstić information content (AvgIpc) is 2.29. The molecule has 0 unspecified atom stereocenters. The quantitative estimate of drug-likeness (QED) is 0.729. The lowest BCUT2D eigenvalue weighted by molar-refractivity contribution is -0.168. The van der Waals surface area contributed by atoms with Gasteiger partial charge in [0.25, 0.3) is 0 Å². The SMILES string of the molecule is CCN(C(=O)C1(C(=O)O)CCC1)C1CCNCC1. The van der Waals surface area contributed by atoms with Crippen LogP contribution in [0.4, 0.5) is 0 Å². The van der Waals surface area contributed by atoms with Gasteiger partial charge in [0.1, 0.15) is 5.41 Å². The van der Waals surface area contributed by atoms with E-state index >= 15 is 0 Å². The second kappa shape index (κ2) is 5.26. The molecule has 1 aliphatic carbocycles. The van der Waals surface area contributed by atoms with Gasteiger partial charge < -0.3 is 15.3 Å². The summed E-state index contributed by atoms with van der Waals surface area (Å²) in [7, 11) is 0. The summed E-state index contributed by atoms with van der Waals surface area (Å²) in [6.45, 7) is 4.37. The second-order valence-corrected chi connectivity index (χ2v) is 5.31. The van der Waals surface area contributed by atoms with Crippen LogP contribution in [0.3, 0.4) is 0 Å². The van der Waals surface area contributed by atoms with Crippen molar-refractivity contribution in [3.8, 4) is 0 Å². The molecule has 0 aromatic heterocycles. The summed E-state index contributed by atoms with van der Waals surface area (Å²) >= 11 is 0. The second-order valence-electron chi connectivity index (χ2n) is 5.31. The zero-order chi connectivity index (χ0) is 13.2. The molecule has 0 spiro atoms. The van der Waals surface area contributed by atoms with Crippen molar-refractivity contribution < 1.29 is 14.7 Å². The number of carboxylic acid groups (broad SMARTS) is 1. The van der Waals surface area contributed by atoms with E-state index in [1.54, 1.807) is 4.90 Å². The third-order valence-electron chi connectivity index (χ3n) is 4.38. The number of piperidine rings is 1. The van der Waals surface area contributed by atoms with Gasteiger partial charge in [-0.15, -0.1) is 0 Å². The molecule has 0 bridgehead atoms. The van der Waals surface area contributed by atoms with Crippen LogP contribution in [-0.2, 0) is 9.59 Å². The number of amides is 1. The van der Waals surface area contributed by atoms with E-state index in [-0.39, 0.29) is 11.9 Å². The molecule has 2 N–H and O–H groups in total. The molecule has 1 saturated heterocycles. The average molecular weight is 254 g/mol. The van der Waals surface area contributed by atoms with Gasteiger partial charge in [0.15, 0.2) is 0 Å². The van der Waals surface area contributed by atoms with Crippen molar-refractivity contribution in [3.05, 3.63) is 0 Å². The highest BCUT2D eigenvalue weighted by atomic mass is 16.4. The van der Waals surface area contributed by atoms with Crippen LogP contribution in [0.2, 0.25) is 0 Å². The van der Waals surface area contributed by atoms with E-state index < -0.39 is 11.4 Å². The normalized spacial score (nSPS) is 23.2. The monoisotopic (exact) mass is 254 g/mol. The van der Waals surface area contributed by atoms with Crippen molar-refractivity contribution in [2.75, 3.05) is 19.6 Å². The van der Waals surface area contributed by atoms with E-state index in [4.69, 9.17) is 0 Å². The van der Waals surface area contributed by atoms with E-state index in [2.05, 4.69) is 5.32 Å². The lowest BCUT2D eigenvalue weighted by atomic mass is 9.67. The van der Waals surface area contributed by atoms with E-state index in [0.29, 0.717) is 19.4 Å². The minimum atomic E-state index is -1.11. The van der Waals surface area contributed by atoms with Gasteiger partial charge in [-0.05, 0) is 45.7 Å². The van der Waals surface area contributed by atoms with Crippen LogP contribution in [0, 0.1) is 5.41 Å². The molecule has 0 radical (unpaired) electrons. The van der Waals surface area contributed by atoms with Crippen LogP contribution in [0.25, 0.3) is 0 Å². The largest absolute Gasteiger partial charge is 0.480 e. The van der Waals surface area contributed by atoms with Crippen LogP contribution in [0.15, 0.2) is 0 Å². The Balaban J connectivity index is 2.11. The molecule has 2 rings (SSSR count). The number of rotatable bonds is 4. The van der Waals surface area contributed by atoms with Gasteiger partial charge in [-0.1, -0.05) is 6.42 Å². The highest BCUT2D eigenvalue weighted by Crippen LogP contribution is 2.43. The standard InChI is InChI=1S/C13H22N2O3/c1-2-15(10-4-8-14-9-5-10)11(16)13(12(17)18)6-3-7-13/h10,14H,2-9H2,1H3,(H,17,18). The number of nitrogens with zero attached hydrogens (tertiary/aromatic N) is 1. The van der Waals surface area contributed by atoms with Crippen molar-refractivity contribution in [2.45, 2.75) is 45.1 Å². The molecule has 1 saturated carbocycles. The Morgan fingerprint density at radius 3 is 2.33 bits per heavy atom. The number of carboxylic acids is 1. The predicted molar refractivity (Wildman–Crippen MR) is 67.2 cm³/mol. The first-order chi connectivity index (χ1) is 8.62. The molecule has 5 heteroatoms. The maximum absolute atomic E-state index is 12.5. The molecule has 2 fully saturated rings. The van der Waals surface area contributed by atoms with Crippen molar-refractivity contribution in [1.29, 1.82) is 0 Å². The van der Waals surface area contributed by atoms with Crippen molar-refractivity contribution in [3.63, 3.8) is 0 Å². The minimum absolute atomic E-state index is 0.157. The molecular formula is C13H22N2O3. The van der Waals surface area contributed by atoms with Crippen LogP contribution in [0.1, 0.15) is 39.0 Å². The molecule has 0 aromatic carbocycles. The molecule has 1 aliphatic heterocycles. The summed E-state index contributed by atoms with van der Waals surface area (Å²) in [5.74, 6) is -1.10. The Bertz CT molecular complexity index is 333. The number of hydrogen-bond donors (Lipinski definition) is 2. The highest BCUT2D eigenvalue weighted by Gasteiger charge is 2.53. The minimum Gasteiger partial charge on any atom is -0.480 e. The van der Waals surface area contributed by atoms with Gasteiger partial charge in [-0.2, -0.15) is 0 Å². The van der Waals surface area contributed by atoms with Gasteiger partial charge >= 0.3 is 5.97 Å². The van der Waals surface area contributed by atoms with Gasteiger partial charge in [0.05, 0.1) is 0 Å². The van der Waals surface area contributed by atoms with E-state index in [1.807, 2.05) is 6.92 Å². The van der Waals surface area contributed by atoms with Gasteiger partial charge in [-0.25, -0.2) is 0 Å². The molecule has 5 nitrogen and oxygen atoms in total. The maximum Gasteiger partial charge on any atom is 0.319 e. The summed E-state index contributed by atoms with van der Waals surface area (Å²) in [5.41, 5.74) is -1.11. The maximum atomic E-state index is 12.5. The lowest BCUT2D eigenvalue weighted by Crippen LogP contribution is -2.56. The first kappa shape index (κ1) is 13.3. The molecule has 2 aliphatic rings. The van der Waals surface area contributed by atoms with Crippen molar-refractivity contribution >= 4 is 11.9 Å².